The highest BCUT2D eigenvalue weighted by Crippen LogP contribution is 2.34. The Morgan fingerprint density at radius 1 is 0.971 bits per heavy atom. The van der Waals surface area contributed by atoms with Gasteiger partial charge in [0.2, 0.25) is 5.91 Å². The molecule has 1 aliphatic heterocycles. The van der Waals surface area contributed by atoms with E-state index in [4.69, 9.17) is 0 Å². The van der Waals surface area contributed by atoms with Crippen LogP contribution in [0.25, 0.3) is 22.0 Å². The molecule has 5 rings (SSSR count). The lowest BCUT2D eigenvalue weighted by atomic mass is 10.1. The Balaban J connectivity index is 1.39. The molecule has 6 nitrogen and oxygen atoms in total. The van der Waals surface area contributed by atoms with Gasteiger partial charge in [-0.05, 0) is 43.5 Å². The number of benzene rings is 2. The maximum absolute atomic E-state index is 13.4. The third-order valence-corrected chi connectivity index (χ3v) is 9.43. The SMILES string of the molecule is O=C(CSc1nnc(-c2ccc(F)cc2)c2ccccc12)N(C1CCCC1)[C@@H]1CCS(=O)(=O)C1. The van der Waals surface area contributed by atoms with Gasteiger partial charge in [0.1, 0.15) is 16.5 Å². The number of hydrogen-bond acceptors (Lipinski definition) is 6. The fourth-order valence-corrected chi connectivity index (χ4v) is 7.65. The highest BCUT2D eigenvalue weighted by molar-refractivity contribution is 8.00. The van der Waals surface area contributed by atoms with Crippen molar-refractivity contribution in [2.24, 2.45) is 0 Å². The molecule has 9 heteroatoms. The molecule has 178 valence electrons. The van der Waals surface area contributed by atoms with Crippen LogP contribution < -0.4 is 0 Å². The van der Waals surface area contributed by atoms with Crippen molar-refractivity contribution in [1.29, 1.82) is 0 Å². The fraction of sp³-hybridized carbons (Fsp3) is 0.400. The molecule has 0 unspecified atom stereocenters. The topological polar surface area (TPSA) is 80.2 Å². The number of sulfone groups is 1. The molecule has 1 saturated carbocycles. The quantitative estimate of drug-likeness (QED) is 0.465. The zero-order chi connectivity index (χ0) is 23.7. The van der Waals surface area contributed by atoms with Gasteiger partial charge in [0.25, 0.3) is 0 Å². The first-order valence-electron chi connectivity index (χ1n) is 11.6. The zero-order valence-corrected chi connectivity index (χ0v) is 20.3. The third-order valence-electron chi connectivity index (χ3n) is 6.71. The lowest BCUT2D eigenvalue weighted by molar-refractivity contribution is -0.132. The summed E-state index contributed by atoms with van der Waals surface area (Å²) < 4.78 is 37.6. The van der Waals surface area contributed by atoms with E-state index in [0.29, 0.717) is 17.1 Å². The van der Waals surface area contributed by atoms with Crippen molar-refractivity contribution >= 4 is 38.3 Å². The van der Waals surface area contributed by atoms with Crippen LogP contribution in [0.15, 0.2) is 53.6 Å². The molecule has 0 spiro atoms. The first-order valence-corrected chi connectivity index (χ1v) is 14.4. The Hall–Kier alpha value is -2.52. The zero-order valence-electron chi connectivity index (χ0n) is 18.7. The number of aromatic nitrogens is 2. The van der Waals surface area contributed by atoms with E-state index in [1.807, 2.05) is 29.2 Å². The number of carbonyl (C=O) groups excluding carboxylic acids is 1. The van der Waals surface area contributed by atoms with Crippen LogP contribution in [0.5, 0.6) is 0 Å². The molecule has 1 aliphatic carbocycles. The highest BCUT2D eigenvalue weighted by atomic mass is 32.2. The van der Waals surface area contributed by atoms with Crippen LogP contribution in [0, 0.1) is 5.82 Å². The van der Waals surface area contributed by atoms with Crippen LogP contribution in [-0.2, 0) is 14.6 Å². The largest absolute Gasteiger partial charge is 0.335 e. The van der Waals surface area contributed by atoms with E-state index in [0.717, 1.165) is 42.0 Å². The molecule has 34 heavy (non-hydrogen) atoms. The van der Waals surface area contributed by atoms with Crippen LogP contribution in [0.1, 0.15) is 32.1 Å². The van der Waals surface area contributed by atoms with Crippen molar-refractivity contribution in [3.05, 3.63) is 54.3 Å². The number of carbonyl (C=O) groups is 1. The first kappa shape index (κ1) is 23.2. The summed E-state index contributed by atoms with van der Waals surface area (Å²) in [5.74, 6) is 0.0555. The number of rotatable bonds is 6. The molecular weight excluding hydrogens is 473 g/mol. The molecule has 0 bridgehead atoms. The van der Waals surface area contributed by atoms with Crippen molar-refractivity contribution < 1.29 is 17.6 Å². The van der Waals surface area contributed by atoms with Crippen molar-refractivity contribution in [1.82, 2.24) is 15.1 Å². The van der Waals surface area contributed by atoms with E-state index in [1.54, 1.807) is 12.1 Å². The van der Waals surface area contributed by atoms with E-state index in [-0.39, 0.29) is 41.1 Å². The van der Waals surface area contributed by atoms with Gasteiger partial charge in [-0.1, -0.05) is 48.9 Å². The Morgan fingerprint density at radius 3 is 2.35 bits per heavy atom. The second-order valence-corrected chi connectivity index (χ2v) is 12.2. The smallest absolute Gasteiger partial charge is 0.233 e. The predicted octanol–water partition coefficient (Wildman–Crippen LogP) is 4.49. The molecule has 2 fully saturated rings. The van der Waals surface area contributed by atoms with Crippen LogP contribution in [-0.4, -0.2) is 58.8 Å². The summed E-state index contributed by atoms with van der Waals surface area (Å²) in [5.41, 5.74) is 1.43. The normalized spacial score (nSPS) is 20.1. The minimum absolute atomic E-state index is 0.0347. The number of amides is 1. The molecule has 2 aliphatic rings. The minimum Gasteiger partial charge on any atom is -0.335 e. The lowest BCUT2D eigenvalue weighted by Crippen LogP contribution is -2.47. The first-order chi connectivity index (χ1) is 16.4. The number of fused-ring (bicyclic) bond motifs is 1. The molecule has 0 radical (unpaired) electrons. The Morgan fingerprint density at radius 2 is 1.68 bits per heavy atom. The van der Waals surface area contributed by atoms with E-state index in [1.165, 1.54) is 23.9 Å². The van der Waals surface area contributed by atoms with E-state index >= 15 is 0 Å². The molecule has 2 aromatic carbocycles. The van der Waals surface area contributed by atoms with Crippen LogP contribution >= 0.6 is 11.8 Å². The average molecular weight is 500 g/mol. The van der Waals surface area contributed by atoms with Crippen molar-refractivity contribution in [3.8, 4) is 11.3 Å². The van der Waals surface area contributed by atoms with E-state index in [2.05, 4.69) is 10.2 Å². The molecule has 1 saturated heterocycles. The van der Waals surface area contributed by atoms with Gasteiger partial charge < -0.3 is 4.90 Å². The summed E-state index contributed by atoms with van der Waals surface area (Å²) in [6, 6.07) is 13.8. The van der Waals surface area contributed by atoms with Gasteiger partial charge in [0, 0.05) is 28.4 Å². The molecular formula is C25H26FN3O3S2. The van der Waals surface area contributed by atoms with Crippen LogP contribution in [0.4, 0.5) is 4.39 Å². The van der Waals surface area contributed by atoms with Gasteiger partial charge in [0.15, 0.2) is 9.84 Å². The highest BCUT2D eigenvalue weighted by Gasteiger charge is 2.38. The Kier molecular flexibility index (Phi) is 6.57. The van der Waals surface area contributed by atoms with Crippen molar-refractivity contribution in [3.63, 3.8) is 0 Å². The summed E-state index contributed by atoms with van der Waals surface area (Å²) in [5, 5.41) is 11.2. The molecule has 1 atom stereocenters. The van der Waals surface area contributed by atoms with Gasteiger partial charge in [-0.3, -0.25) is 4.79 Å². The maximum Gasteiger partial charge on any atom is 0.233 e. The monoisotopic (exact) mass is 499 g/mol. The van der Waals surface area contributed by atoms with Gasteiger partial charge >= 0.3 is 0 Å². The number of halogens is 1. The summed E-state index contributed by atoms with van der Waals surface area (Å²) in [6.07, 6.45) is 4.53. The molecule has 3 aromatic rings. The Labute approximate surface area is 202 Å². The van der Waals surface area contributed by atoms with E-state index < -0.39 is 9.84 Å². The standard InChI is InChI=1S/C25H26FN3O3S2/c26-18-11-9-17(10-12-18)24-21-7-3-4-8-22(21)25(28-27-24)33-15-23(30)29(19-5-1-2-6-19)20-13-14-34(31,32)16-20/h3-4,7-12,19-20H,1-2,5-6,13-16H2/t20-/m1/s1. The molecule has 0 N–H and O–H groups in total. The summed E-state index contributed by atoms with van der Waals surface area (Å²) in [7, 11) is -3.08. The van der Waals surface area contributed by atoms with Gasteiger partial charge in [0.05, 0.1) is 17.3 Å². The Bertz CT molecular complexity index is 1310. The fourth-order valence-electron chi connectivity index (χ4n) is 5.09. The van der Waals surface area contributed by atoms with Gasteiger partial charge in [-0.2, -0.15) is 0 Å². The predicted molar refractivity (Wildman–Crippen MR) is 132 cm³/mol. The second-order valence-electron chi connectivity index (χ2n) is 8.99. The molecule has 1 amide bonds. The van der Waals surface area contributed by atoms with Crippen LogP contribution in [0.2, 0.25) is 0 Å². The summed E-state index contributed by atoms with van der Waals surface area (Å²) in [6.45, 7) is 0. The van der Waals surface area contributed by atoms with Gasteiger partial charge in [-0.25, -0.2) is 12.8 Å². The summed E-state index contributed by atoms with van der Waals surface area (Å²) in [4.78, 5) is 15.3. The van der Waals surface area contributed by atoms with E-state index in [9.17, 15) is 17.6 Å². The van der Waals surface area contributed by atoms with Crippen molar-refractivity contribution in [2.75, 3.05) is 17.3 Å². The number of hydrogen-bond donors (Lipinski definition) is 0. The van der Waals surface area contributed by atoms with Crippen LogP contribution in [0.3, 0.4) is 0 Å². The molecule has 2 heterocycles. The second kappa shape index (κ2) is 9.62. The number of thioether (sulfide) groups is 1. The third kappa shape index (κ3) is 4.81. The summed E-state index contributed by atoms with van der Waals surface area (Å²) >= 11 is 1.34. The number of nitrogens with zero attached hydrogens (tertiary/aromatic N) is 3. The average Bonchev–Trinajstić information content (AvgIpc) is 3.48. The van der Waals surface area contributed by atoms with Crippen molar-refractivity contribution in [2.45, 2.75) is 49.2 Å². The van der Waals surface area contributed by atoms with Gasteiger partial charge in [-0.15, -0.1) is 10.2 Å². The molecule has 1 aromatic heterocycles. The lowest BCUT2D eigenvalue weighted by Gasteiger charge is -2.34. The maximum atomic E-state index is 13.4. The minimum atomic E-state index is -3.08.